The van der Waals surface area contributed by atoms with Crippen LogP contribution in [0.25, 0.3) is 0 Å². The lowest BCUT2D eigenvalue weighted by Crippen LogP contribution is -2.45. The quantitative estimate of drug-likeness (QED) is 0.718. The molecule has 0 spiro atoms. The van der Waals surface area contributed by atoms with E-state index in [4.69, 9.17) is 0 Å². The molecule has 2 aliphatic rings. The lowest BCUT2D eigenvalue weighted by atomic mass is 9.94. The summed E-state index contributed by atoms with van der Waals surface area (Å²) < 4.78 is 13.0. The van der Waals surface area contributed by atoms with Gasteiger partial charge in [0.2, 0.25) is 11.9 Å². The van der Waals surface area contributed by atoms with Crippen LogP contribution in [0.3, 0.4) is 0 Å². The van der Waals surface area contributed by atoms with Gasteiger partial charge in [0.1, 0.15) is 5.82 Å². The van der Waals surface area contributed by atoms with Gasteiger partial charge in [0, 0.05) is 38.1 Å². The van der Waals surface area contributed by atoms with Crippen LogP contribution in [0.4, 0.5) is 10.3 Å². The minimum Gasteiger partial charge on any atom is -0.356 e. The highest BCUT2D eigenvalue weighted by Crippen LogP contribution is 2.21. The SMILES string of the molecule is Cc1ccnc(N2CCCC(C(=O)NCC3CCN(CCc4ccc(F)cc4)CC3)C2)n1. The van der Waals surface area contributed by atoms with E-state index in [1.807, 2.05) is 25.1 Å². The molecule has 1 aromatic carbocycles. The molecule has 6 nitrogen and oxygen atoms in total. The number of rotatable bonds is 7. The molecular weight excluding hydrogens is 405 g/mol. The van der Waals surface area contributed by atoms with Gasteiger partial charge in [0.15, 0.2) is 0 Å². The van der Waals surface area contributed by atoms with Crippen LogP contribution in [0.5, 0.6) is 0 Å². The Morgan fingerprint density at radius 3 is 2.66 bits per heavy atom. The number of benzene rings is 1. The normalized spacial score (nSPS) is 20.3. The van der Waals surface area contributed by atoms with Gasteiger partial charge in [-0.05, 0) is 81.8 Å². The van der Waals surface area contributed by atoms with E-state index in [-0.39, 0.29) is 17.6 Å². The third-order valence-electron chi connectivity index (χ3n) is 6.76. The number of amides is 1. The molecule has 0 bridgehead atoms. The van der Waals surface area contributed by atoms with Crippen molar-refractivity contribution in [3.05, 3.63) is 53.6 Å². The maximum atomic E-state index is 13.0. The fourth-order valence-corrected chi connectivity index (χ4v) is 4.70. The summed E-state index contributed by atoms with van der Waals surface area (Å²) in [4.78, 5) is 26.3. The maximum Gasteiger partial charge on any atom is 0.225 e. The van der Waals surface area contributed by atoms with Crippen LogP contribution < -0.4 is 10.2 Å². The minimum atomic E-state index is -0.180. The number of halogens is 1. The van der Waals surface area contributed by atoms with Crippen LogP contribution in [0.2, 0.25) is 0 Å². The van der Waals surface area contributed by atoms with Crippen molar-refractivity contribution in [1.29, 1.82) is 0 Å². The predicted molar refractivity (Wildman–Crippen MR) is 124 cm³/mol. The molecule has 32 heavy (non-hydrogen) atoms. The minimum absolute atomic E-state index is 0.00339. The molecule has 0 radical (unpaired) electrons. The van der Waals surface area contributed by atoms with Crippen LogP contribution in [0.15, 0.2) is 36.5 Å². The number of aromatic nitrogens is 2. The number of nitrogens with zero attached hydrogens (tertiary/aromatic N) is 4. The molecule has 0 saturated carbocycles. The van der Waals surface area contributed by atoms with E-state index < -0.39 is 0 Å². The van der Waals surface area contributed by atoms with E-state index in [0.29, 0.717) is 12.5 Å². The van der Waals surface area contributed by atoms with Crippen molar-refractivity contribution in [2.24, 2.45) is 11.8 Å². The number of hydrogen-bond donors (Lipinski definition) is 1. The number of likely N-dealkylation sites (tertiary alicyclic amines) is 1. The Kier molecular flexibility index (Phi) is 7.68. The van der Waals surface area contributed by atoms with Gasteiger partial charge in [-0.3, -0.25) is 4.79 Å². The second kappa shape index (κ2) is 10.9. The fourth-order valence-electron chi connectivity index (χ4n) is 4.70. The summed E-state index contributed by atoms with van der Waals surface area (Å²) in [6, 6.07) is 8.70. The largest absolute Gasteiger partial charge is 0.356 e. The van der Waals surface area contributed by atoms with Gasteiger partial charge in [-0.25, -0.2) is 14.4 Å². The Hall–Kier alpha value is -2.54. The van der Waals surface area contributed by atoms with Crippen LogP contribution in [0, 0.1) is 24.6 Å². The number of anilines is 1. The number of piperidine rings is 2. The molecule has 2 saturated heterocycles. The van der Waals surface area contributed by atoms with Gasteiger partial charge in [0.05, 0.1) is 5.92 Å². The number of carbonyl (C=O) groups excluding carboxylic acids is 1. The van der Waals surface area contributed by atoms with Gasteiger partial charge < -0.3 is 15.1 Å². The topological polar surface area (TPSA) is 61.4 Å². The molecule has 2 fully saturated rings. The zero-order valence-corrected chi connectivity index (χ0v) is 19.0. The van der Waals surface area contributed by atoms with Crippen molar-refractivity contribution in [3.63, 3.8) is 0 Å². The monoisotopic (exact) mass is 439 g/mol. The van der Waals surface area contributed by atoms with Gasteiger partial charge in [-0.1, -0.05) is 12.1 Å². The summed E-state index contributed by atoms with van der Waals surface area (Å²) in [5, 5.41) is 3.22. The number of carbonyl (C=O) groups is 1. The van der Waals surface area contributed by atoms with Crippen molar-refractivity contribution in [1.82, 2.24) is 20.2 Å². The highest BCUT2D eigenvalue weighted by Gasteiger charge is 2.28. The molecule has 0 aliphatic carbocycles. The molecule has 7 heteroatoms. The summed E-state index contributed by atoms with van der Waals surface area (Å²) in [7, 11) is 0. The Morgan fingerprint density at radius 1 is 1.12 bits per heavy atom. The van der Waals surface area contributed by atoms with E-state index in [1.165, 1.54) is 17.7 Å². The maximum absolute atomic E-state index is 13.0. The average Bonchev–Trinajstić information content (AvgIpc) is 2.83. The summed E-state index contributed by atoms with van der Waals surface area (Å²) >= 11 is 0. The first-order valence-corrected chi connectivity index (χ1v) is 11.9. The molecule has 1 N–H and O–H groups in total. The molecule has 1 amide bonds. The first-order valence-electron chi connectivity index (χ1n) is 11.9. The Balaban J connectivity index is 1.16. The molecule has 1 aromatic heterocycles. The van der Waals surface area contributed by atoms with Gasteiger partial charge >= 0.3 is 0 Å². The highest BCUT2D eigenvalue weighted by atomic mass is 19.1. The first kappa shape index (κ1) is 22.6. The molecule has 1 atom stereocenters. The van der Waals surface area contributed by atoms with Crippen LogP contribution in [-0.4, -0.2) is 60.0 Å². The Labute approximate surface area is 190 Å². The summed E-state index contributed by atoms with van der Waals surface area (Å²) in [6.07, 6.45) is 6.87. The standard InChI is InChI=1S/C25H34FN5O/c1-19-8-12-27-25(29-19)31-13-2-3-22(18-31)24(32)28-17-21-10-15-30(16-11-21)14-9-20-4-6-23(26)7-5-20/h4-8,12,21-22H,2-3,9-11,13-18H2,1H3,(H,28,32). The lowest BCUT2D eigenvalue weighted by Gasteiger charge is -2.34. The molecule has 3 heterocycles. The van der Waals surface area contributed by atoms with Crippen molar-refractivity contribution < 1.29 is 9.18 Å². The van der Waals surface area contributed by atoms with E-state index in [0.717, 1.165) is 76.5 Å². The molecule has 172 valence electrons. The lowest BCUT2D eigenvalue weighted by molar-refractivity contribution is -0.125. The van der Waals surface area contributed by atoms with Crippen LogP contribution in [-0.2, 0) is 11.2 Å². The Morgan fingerprint density at radius 2 is 1.91 bits per heavy atom. The number of hydrogen-bond acceptors (Lipinski definition) is 5. The van der Waals surface area contributed by atoms with Crippen LogP contribution >= 0.6 is 0 Å². The summed E-state index contributed by atoms with van der Waals surface area (Å²) in [5.41, 5.74) is 2.13. The molecule has 4 rings (SSSR count). The molecular formula is C25H34FN5O. The zero-order valence-electron chi connectivity index (χ0n) is 19.0. The number of aryl methyl sites for hydroxylation is 1. The number of nitrogens with one attached hydrogen (secondary N) is 1. The molecule has 2 aliphatic heterocycles. The van der Waals surface area contributed by atoms with Crippen molar-refractivity contribution in [2.45, 2.75) is 39.0 Å². The second-order valence-corrected chi connectivity index (χ2v) is 9.19. The van der Waals surface area contributed by atoms with Crippen molar-refractivity contribution in [3.8, 4) is 0 Å². The van der Waals surface area contributed by atoms with Crippen molar-refractivity contribution in [2.75, 3.05) is 44.2 Å². The van der Waals surface area contributed by atoms with Gasteiger partial charge in [-0.2, -0.15) is 0 Å². The average molecular weight is 440 g/mol. The van der Waals surface area contributed by atoms with E-state index >= 15 is 0 Å². The van der Waals surface area contributed by atoms with E-state index in [2.05, 4.69) is 25.1 Å². The predicted octanol–water partition coefficient (Wildman–Crippen LogP) is 3.21. The van der Waals surface area contributed by atoms with Gasteiger partial charge in [0.25, 0.3) is 0 Å². The smallest absolute Gasteiger partial charge is 0.225 e. The van der Waals surface area contributed by atoms with E-state index in [1.54, 1.807) is 6.20 Å². The highest BCUT2D eigenvalue weighted by molar-refractivity contribution is 5.79. The second-order valence-electron chi connectivity index (χ2n) is 9.19. The van der Waals surface area contributed by atoms with Crippen molar-refractivity contribution >= 4 is 11.9 Å². The third kappa shape index (κ3) is 6.25. The van der Waals surface area contributed by atoms with Crippen LogP contribution in [0.1, 0.15) is 36.9 Å². The summed E-state index contributed by atoms with van der Waals surface area (Å²) in [5.74, 6) is 1.27. The first-order chi connectivity index (χ1) is 15.6. The zero-order chi connectivity index (χ0) is 22.3. The Bertz CT molecular complexity index is 882. The van der Waals surface area contributed by atoms with Gasteiger partial charge in [-0.15, -0.1) is 0 Å². The molecule has 2 aromatic rings. The third-order valence-corrected chi connectivity index (χ3v) is 6.76. The summed E-state index contributed by atoms with van der Waals surface area (Å²) in [6.45, 7) is 7.45. The van der Waals surface area contributed by atoms with E-state index in [9.17, 15) is 9.18 Å². The molecule has 1 unspecified atom stereocenters. The fraction of sp³-hybridized carbons (Fsp3) is 0.560.